The predicted molar refractivity (Wildman–Crippen MR) is 96.6 cm³/mol. The van der Waals surface area contributed by atoms with Crippen molar-refractivity contribution in [3.63, 3.8) is 0 Å². The Hall–Kier alpha value is -1.85. The van der Waals surface area contributed by atoms with Crippen molar-refractivity contribution in [1.82, 2.24) is 15.2 Å². The highest BCUT2D eigenvalue weighted by atomic mass is 16.5. The van der Waals surface area contributed by atoms with Crippen molar-refractivity contribution in [3.8, 4) is 0 Å². The Morgan fingerprint density at radius 1 is 1.42 bits per heavy atom. The van der Waals surface area contributed by atoms with Gasteiger partial charge in [0, 0.05) is 30.5 Å². The number of nitrogens with one attached hydrogen (secondary N) is 2. The van der Waals surface area contributed by atoms with E-state index in [0.29, 0.717) is 12.2 Å². The van der Waals surface area contributed by atoms with Crippen LogP contribution in [-0.4, -0.2) is 54.7 Å². The molecule has 3 rings (SSSR count). The number of hydrogen-bond acceptors (Lipinski definition) is 3. The minimum absolute atomic E-state index is 0.0375. The molecular formula is C19H27N3O2. The summed E-state index contributed by atoms with van der Waals surface area (Å²) in [5.41, 5.74) is 3.89. The molecule has 0 saturated carbocycles. The fraction of sp³-hybridized carbons (Fsp3) is 0.526. The van der Waals surface area contributed by atoms with Gasteiger partial charge in [0.15, 0.2) is 0 Å². The molecule has 1 aliphatic rings. The maximum Gasteiger partial charge on any atom is 0.268 e. The SMILES string of the molecule is CCN1CCO[C@H](CCNC(=O)c2[nH]c3ccc(C)cc3c2C)C1. The lowest BCUT2D eigenvalue weighted by molar-refractivity contribution is -0.0296. The van der Waals surface area contributed by atoms with Gasteiger partial charge in [0.25, 0.3) is 5.91 Å². The fourth-order valence-electron chi connectivity index (χ4n) is 3.34. The second-order valence-corrected chi connectivity index (χ2v) is 6.60. The molecule has 1 amide bonds. The molecule has 0 bridgehead atoms. The van der Waals surface area contributed by atoms with Gasteiger partial charge in [0.05, 0.1) is 12.7 Å². The number of aromatic nitrogens is 1. The van der Waals surface area contributed by atoms with Crippen LogP contribution in [-0.2, 0) is 4.74 Å². The highest BCUT2D eigenvalue weighted by Gasteiger charge is 2.20. The lowest BCUT2D eigenvalue weighted by Gasteiger charge is -2.32. The number of carbonyl (C=O) groups excluding carboxylic acids is 1. The van der Waals surface area contributed by atoms with Crippen molar-refractivity contribution in [2.45, 2.75) is 33.3 Å². The maximum atomic E-state index is 12.5. The molecule has 1 aromatic heterocycles. The van der Waals surface area contributed by atoms with Crippen molar-refractivity contribution in [2.75, 3.05) is 32.8 Å². The number of nitrogens with zero attached hydrogens (tertiary/aromatic N) is 1. The summed E-state index contributed by atoms with van der Waals surface area (Å²) >= 11 is 0. The fourth-order valence-corrected chi connectivity index (χ4v) is 3.34. The predicted octanol–water partition coefficient (Wildman–Crippen LogP) is 2.63. The lowest BCUT2D eigenvalue weighted by atomic mass is 10.1. The molecule has 1 fully saturated rings. The molecule has 2 N–H and O–H groups in total. The van der Waals surface area contributed by atoms with Crippen molar-refractivity contribution >= 4 is 16.8 Å². The van der Waals surface area contributed by atoms with Gasteiger partial charge >= 0.3 is 0 Å². The highest BCUT2D eigenvalue weighted by molar-refractivity contribution is 6.00. The molecule has 1 aliphatic heterocycles. The number of carbonyl (C=O) groups is 1. The van der Waals surface area contributed by atoms with Crippen LogP contribution in [0.25, 0.3) is 10.9 Å². The minimum atomic E-state index is -0.0375. The molecule has 24 heavy (non-hydrogen) atoms. The number of aryl methyl sites for hydroxylation is 2. The summed E-state index contributed by atoms with van der Waals surface area (Å²) < 4.78 is 5.78. The summed E-state index contributed by atoms with van der Waals surface area (Å²) in [4.78, 5) is 18.1. The average Bonchev–Trinajstić information content (AvgIpc) is 2.91. The normalized spacial score (nSPS) is 18.9. The van der Waals surface area contributed by atoms with E-state index < -0.39 is 0 Å². The van der Waals surface area contributed by atoms with Crippen LogP contribution in [0.2, 0.25) is 0 Å². The molecule has 130 valence electrons. The number of benzene rings is 1. The molecule has 2 heterocycles. The zero-order chi connectivity index (χ0) is 17.1. The Labute approximate surface area is 143 Å². The van der Waals surface area contributed by atoms with Gasteiger partial charge in [0.2, 0.25) is 0 Å². The monoisotopic (exact) mass is 329 g/mol. The van der Waals surface area contributed by atoms with Gasteiger partial charge in [-0.05, 0) is 44.5 Å². The number of fused-ring (bicyclic) bond motifs is 1. The number of amides is 1. The van der Waals surface area contributed by atoms with Gasteiger partial charge < -0.3 is 15.0 Å². The third kappa shape index (κ3) is 3.62. The number of hydrogen-bond donors (Lipinski definition) is 2. The van der Waals surface area contributed by atoms with Crippen LogP contribution in [0.1, 0.15) is 35.0 Å². The molecule has 1 aromatic carbocycles. The van der Waals surface area contributed by atoms with Crippen molar-refractivity contribution < 1.29 is 9.53 Å². The molecule has 5 heteroatoms. The molecule has 0 spiro atoms. The Balaban J connectivity index is 1.58. The van der Waals surface area contributed by atoms with E-state index in [-0.39, 0.29) is 12.0 Å². The van der Waals surface area contributed by atoms with Crippen molar-refractivity contribution in [2.24, 2.45) is 0 Å². The van der Waals surface area contributed by atoms with Crippen LogP contribution in [0.3, 0.4) is 0 Å². The highest BCUT2D eigenvalue weighted by Crippen LogP contribution is 2.22. The Bertz CT molecular complexity index is 723. The molecule has 0 unspecified atom stereocenters. The van der Waals surface area contributed by atoms with E-state index in [9.17, 15) is 4.79 Å². The first kappa shape index (κ1) is 17.0. The van der Waals surface area contributed by atoms with Crippen molar-refractivity contribution in [3.05, 3.63) is 35.0 Å². The van der Waals surface area contributed by atoms with E-state index in [1.54, 1.807) is 0 Å². The van der Waals surface area contributed by atoms with E-state index in [4.69, 9.17) is 4.74 Å². The van der Waals surface area contributed by atoms with Gasteiger partial charge in [-0.15, -0.1) is 0 Å². The topological polar surface area (TPSA) is 57.4 Å². The summed E-state index contributed by atoms with van der Waals surface area (Å²) in [7, 11) is 0. The van der Waals surface area contributed by atoms with Gasteiger partial charge in [-0.1, -0.05) is 18.6 Å². The Kier molecular flexibility index (Phi) is 5.21. The van der Waals surface area contributed by atoms with E-state index in [2.05, 4.69) is 41.2 Å². The Morgan fingerprint density at radius 2 is 2.25 bits per heavy atom. The van der Waals surface area contributed by atoms with Crippen LogP contribution < -0.4 is 5.32 Å². The largest absolute Gasteiger partial charge is 0.375 e. The molecule has 2 aromatic rings. The molecular weight excluding hydrogens is 302 g/mol. The number of morpholine rings is 1. The number of ether oxygens (including phenoxy) is 1. The Morgan fingerprint density at radius 3 is 3.04 bits per heavy atom. The van der Waals surface area contributed by atoms with Crippen LogP contribution in [0.5, 0.6) is 0 Å². The molecule has 1 saturated heterocycles. The summed E-state index contributed by atoms with van der Waals surface area (Å²) in [6.07, 6.45) is 1.06. The van der Waals surface area contributed by atoms with Gasteiger partial charge in [0.1, 0.15) is 5.69 Å². The van der Waals surface area contributed by atoms with Gasteiger partial charge in [-0.3, -0.25) is 9.69 Å². The quantitative estimate of drug-likeness (QED) is 0.886. The summed E-state index contributed by atoms with van der Waals surface area (Å²) in [5.74, 6) is -0.0375. The molecule has 0 aliphatic carbocycles. The zero-order valence-corrected chi connectivity index (χ0v) is 14.8. The van der Waals surface area contributed by atoms with E-state index in [0.717, 1.165) is 49.1 Å². The molecule has 0 radical (unpaired) electrons. The lowest BCUT2D eigenvalue weighted by Crippen LogP contribution is -2.43. The van der Waals surface area contributed by atoms with Gasteiger partial charge in [-0.25, -0.2) is 0 Å². The average molecular weight is 329 g/mol. The van der Waals surface area contributed by atoms with E-state index >= 15 is 0 Å². The minimum Gasteiger partial charge on any atom is -0.375 e. The molecule has 1 atom stereocenters. The molecule has 5 nitrogen and oxygen atoms in total. The summed E-state index contributed by atoms with van der Waals surface area (Å²) in [6, 6.07) is 6.21. The smallest absolute Gasteiger partial charge is 0.268 e. The van der Waals surface area contributed by atoms with E-state index in [1.165, 1.54) is 5.56 Å². The first-order valence-electron chi connectivity index (χ1n) is 8.79. The second kappa shape index (κ2) is 7.36. The number of H-pyrrole nitrogens is 1. The summed E-state index contributed by atoms with van der Waals surface area (Å²) in [6.45, 7) is 10.7. The van der Waals surface area contributed by atoms with Crippen LogP contribution in [0.15, 0.2) is 18.2 Å². The zero-order valence-electron chi connectivity index (χ0n) is 14.8. The standard InChI is InChI=1S/C19H27N3O2/c1-4-22-9-10-24-15(12-22)7-8-20-19(23)18-14(3)16-11-13(2)5-6-17(16)21-18/h5-6,11,15,21H,4,7-10,12H2,1-3H3,(H,20,23)/t15-/m1/s1. The van der Waals surface area contributed by atoms with E-state index in [1.807, 2.05) is 13.0 Å². The third-order valence-corrected chi connectivity index (χ3v) is 4.86. The first-order chi connectivity index (χ1) is 11.6. The van der Waals surface area contributed by atoms with Crippen LogP contribution in [0.4, 0.5) is 0 Å². The van der Waals surface area contributed by atoms with Crippen LogP contribution >= 0.6 is 0 Å². The number of likely N-dealkylation sites (N-methyl/N-ethyl adjacent to an activating group) is 1. The van der Waals surface area contributed by atoms with Crippen LogP contribution in [0, 0.1) is 13.8 Å². The maximum absolute atomic E-state index is 12.5. The second-order valence-electron chi connectivity index (χ2n) is 6.60. The third-order valence-electron chi connectivity index (χ3n) is 4.86. The summed E-state index contributed by atoms with van der Waals surface area (Å²) in [5, 5.41) is 4.15. The van der Waals surface area contributed by atoms with Gasteiger partial charge in [-0.2, -0.15) is 0 Å². The number of rotatable bonds is 5. The first-order valence-corrected chi connectivity index (χ1v) is 8.79. The van der Waals surface area contributed by atoms with Crippen molar-refractivity contribution in [1.29, 1.82) is 0 Å². The number of aromatic amines is 1.